The van der Waals surface area contributed by atoms with E-state index in [9.17, 15) is 8.78 Å². The van der Waals surface area contributed by atoms with Crippen LogP contribution < -0.4 is 14.8 Å². The Kier molecular flexibility index (Phi) is 7.24. The van der Waals surface area contributed by atoms with E-state index >= 15 is 0 Å². The molecule has 1 aliphatic heterocycles. The normalized spacial score (nSPS) is 14.2. The van der Waals surface area contributed by atoms with Gasteiger partial charge in [-0.15, -0.1) is 10.2 Å². The van der Waals surface area contributed by atoms with E-state index in [1.807, 2.05) is 35.7 Å². The fourth-order valence-corrected chi connectivity index (χ4v) is 4.60. The number of hydrogen-bond acceptors (Lipinski definition) is 7. The van der Waals surface area contributed by atoms with Crippen LogP contribution in [0.1, 0.15) is 25.6 Å². The Morgan fingerprint density at radius 3 is 2.67 bits per heavy atom. The topological polar surface area (TPSA) is 72.7 Å². The summed E-state index contributed by atoms with van der Waals surface area (Å²) in [6, 6.07) is 11.2. The summed E-state index contributed by atoms with van der Waals surface area (Å²) in [7, 11) is 0. The van der Waals surface area contributed by atoms with Crippen molar-refractivity contribution in [2.75, 3.05) is 29.0 Å². The zero-order valence-corrected chi connectivity index (χ0v) is 20.9. The predicted molar refractivity (Wildman–Crippen MR) is 139 cm³/mol. The highest BCUT2D eigenvalue weighted by Crippen LogP contribution is 2.39. The van der Waals surface area contributed by atoms with Crippen LogP contribution in [-0.2, 0) is 4.74 Å². The average Bonchev–Trinajstić information content (AvgIpc) is 3.26. The van der Waals surface area contributed by atoms with Crippen LogP contribution in [0.5, 0.6) is 11.5 Å². The van der Waals surface area contributed by atoms with Crippen molar-refractivity contribution in [3.05, 3.63) is 66.1 Å². The van der Waals surface area contributed by atoms with E-state index in [-0.39, 0.29) is 11.8 Å². The average molecular weight is 512 g/mol. The standard InChI is InChI=1S/C26H27F2N5O2S/c1-3-36-32-20-5-7-24(35-25-6-4-18(27)13-22(25)28)21(14-20)17-12-23(29-19-8-10-34-11-9-19)26-31-30-16(2)33(26)15-17/h4-7,12-15,19,29,32H,3,8-11H2,1-2H3. The summed E-state index contributed by atoms with van der Waals surface area (Å²) in [6.07, 6.45) is 3.74. The second-order valence-corrected chi connectivity index (χ2v) is 9.61. The first-order valence-electron chi connectivity index (χ1n) is 11.9. The number of anilines is 2. The monoisotopic (exact) mass is 511 g/mol. The van der Waals surface area contributed by atoms with Gasteiger partial charge in [0.25, 0.3) is 0 Å². The summed E-state index contributed by atoms with van der Waals surface area (Å²) in [5.41, 5.74) is 4.03. The first-order valence-corrected chi connectivity index (χ1v) is 12.8. The van der Waals surface area contributed by atoms with E-state index in [0.29, 0.717) is 19.0 Å². The minimum atomic E-state index is -0.767. The lowest BCUT2D eigenvalue weighted by Gasteiger charge is -2.24. The quantitative estimate of drug-likeness (QED) is 0.264. The van der Waals surface area contributed by atoms with Gasteiger partial charge in [0.2, 0.25) is 0 Å². The summed E-state index contributed by atoms with van der Waals surface area (Å²) in [5.74, 6) is 0.590. The number of fused-ring (bicyclic) bond motifs is 1. The van der Waals surface area contributed by atoms with Crippen molar-refractivity contribution in [1.29, 1.82) is 0 Å². The van der Waals surface area contributed by atoms with E-state index in [2.05, 4.69) is 27.2 Å². The first-order chi connectivity index (χ1) is 17.5. The highest BCUT2D eigenvalue weighted by molar-refractivity contribution is 8.00. The molecule has 0 saturated carbocycles. The molecular formula is C26H27F2N5O2S. The Bertz CT molecular complexity index is 1370. The number of nitrogens with one attached hydrogen (secondary N) is 2. The molecule has 0 bridgehead atoms. The van der Waals surface area contributed by atoms with Crippen molar-refractivity contribution >= 4 is 29.0 Å². The molecule has 1 fully saturated rings. The predicted octanol–water partition coefficient (Wildman–Crippen LogP) is 6.45. The number of rotatable bonds is 8. The lowest BCUT2D eigenvalue weighted by molar-refractivity contribution is 0.0905. The molecule has 1 saturated heterocycles. The van der Waals surface area contributed by atoms with Crippen molar-refractivity contribution in [3.63, 3.8) is 0 Å². The molecule has 0 aliphatic carbocycles. The van der Waals surface area contributed by atoms with Crippen molar-refractivity contribution in [1.82, 2.24) is 14.6 Å². The Hall–Kier alpha value is -3.37. The van der Waals surface area contributed by atoms with Crippen LogP contribution in [0.4, 0.5) is 20.2 Å². The third kappa shape index (κ3) is 5.24. The van der Waals surface area contributed by atoms with Gasteiger partial charge in [-0.05, 0) is 56.2 Å². The van der Waals surface area contributed by atoms with Gasteiger partial charge in [0, 0.05) is 54.1 Å². The highest BCUT2D eigenvalue weighted by Gasteiger charge is 2.19. The summed E-state index contributed by atoms with van der Waals surface area (Å²) < 4.78 is 44.6. The fraction of sp³-hybridized carbons (Fsp3) is 0.308. The van der Waals surface area contributed by atoms with Gasteiger partial charge in [-0.3, -0.25) is 4.40 Å². The molecule has 1 aliphatic rings. The fourth-order valence-electron chi connectivity index (χ4n) is 4.16. The molecule has 0 radical (unpaired) electrons. The number of benzene rings is 2. The first kappa shape index (κ1) is 24.3. The van der Waals surface area contributed by atoms with Gasteiger partial charge in [-0.1, -0.05) is 18.9 Å². The maximum absolute atomic E-state index is 14.4. The molecule has 7 nitrogen and oxygen atoms in total. The molecule has 0 spiro atoms. The Morgan fingerprint density at radius 1 is 1.08 bits per heavy atom. The van der Waals surface area contributed by atoms with Crippen LogP contribution in [0, 0.1) is 18.6 Å². The Balaban J connectivity index is 1.60. The molecule has 0 amide bonds. The van der Waals surface area contributed by atoms with Crippen LogP contribution in [0.3, 0.4) is 0 Å². The second-order valence-electron chi connectivity index (χ2n) is 8.54. The lowest BCUT2D eigenvalue weighted by Crippen LogP contribution is -2.28. The van der Waals surface area contributed by atoms with Gasteiger partial charge in [0.1, 0.15) is 17.4 Å². The van der Waals surface area contributed by atoms with Crippen molar-refractivity contribution in [2.24, 2.45) is 0 Å². The maximum atomic E-state index is 14.4. The number of aromatic nitrogens is 3. The van der Waals surface area contributed by atoms with Crippen LogP contribution in [0.15, 0.2) is 48.7 Å². The van der Waals surface area contributed by atoms with E-state index in [1.54, 1.807) is 18.0 Å². The molecular weight excluding hydrogens is 484 g/mol. The molecule has 2 N–H and O–H groups in total. The summed E-state index contributed by atoms with van der Waals surface area (Å²) in [5, 5.41) is 12.3. The zero-order valence-electron chi connectivity index (χ0n) is 20.1. The maximum Gasteiger partial charge on any atom is 0.184 e. The summed E-state index contributed by atoms with van der Waals surface area (Å²) >= 11 is 1.57. The molecule has 10 heteroatoms. The molecule has 36 heavy (non-hydrogen) atoms. The molecule has 5 rings (SSSR count). The molecule has 2 aromatic heterocycles. The lowest BCUT2D eigenvalue weighted by atomic mass is 10.0. The Labute approximate surface area is 212 Å². The van der Waals surface area contributed by atoms with E-state index < -0.39 is 11.6 Å². The number of halogens is 2. The zero-order chi connectivity index (χ0) is 25.1. The number of aryl methyl sites for hydroxylation is 1. The summed E-state index contributed by atoms with van der Waals surface area (Å²) in [6.45, 7) is 5.38. The van der Waals surface area contributed by atoms with Gasteiger partial charge in [0.05, 0.1) is 5.69 Å². The third-order valence-corrected chi connectivity index (χ3v) is 6.66. The second kappa shape index (κ2) is 10.7. The van der Waals surface area contributed by atoms with Crippen molar-refractivity contribution in [3.8, 4) is 22.6 Å². The summed E-state index contributed by atoms with van der Waals surface area (Å²) in [4.78, 5) is 0. The number of nitrogens with zero attached hydrogens (tertiary/aromatic N) is 3. The Morgan fingerprint density at radius 2 is 1.89 bits per heavy atom. The van der Waals surface area contributed by atoms with Gasteiger partial charge < -0.3 is 19.5 Å². The SMILES string of the molecule is CCSNc1ccc(Oc2ccc(F)cc2F)c(-c2cc(NC3CCOCC3)c3nnc(C)n3c2)c1. The van der Waals surface area contributed by atoms with Gasteiger partial charge >= 0.3 is 0 Å². The minimum Gasteiger partial charge on any atom is -0.454 e. The molecule has 2 aromatic carbocycles. The molecule has 0 unspecified atom stereocenters. The number of hydrogen-bond donors (Lipinski definition) is 2. The largest absolute Gasteiger partial charge is 0.454 e. The van der Waals surface area contributed by atoms with Crippen molar-refractivity contribution in [2.45, 2.75) is 32.7 Å². The highest BCUT2D eigenvalue weighted by atomic mass is 32.2. The third-order valence-electron chi connectivity index (χ3n) is 5.99. The van der Waals surface area contributed by atoms with Crippen LogP contribution in [0.25, 0.3) is 16.8 Å². The number of pyridine rings is 1. The van der Waals surface area contributed by atoms with Crippen molar-refractivity contribution < 1.29 is 18.3 Å². The van der Waals surface area contributed by atoms with Crippen LogP contribution in [0.2, 0.25) is 0 Å². The molecule has 188 valence electrons. The van der Waals surface area contributed by atoms with Gasteiger partial charge in [0.15, 0.2) is 17.2 Å². The number of ether oxygens (including phenoxy) is 2. The van der Waals surface area contributed by atoms with E-state index in [4.69, 9.17) is 9.47 Å². The van der Waals surface area contributed by atoms with Crippen LogP contribution in [-0.4, -0.2) is 39.6 Å². The van der Waals surface area contributed by atoms with E-state index in [0.717, 1.165) is 58.6 Å². The molecule has 3 heterocycles. The van der Waals surface area contributed by atoms with Crippen LogP contribution >= 0.6 is 11.9 Å². The van der Waals surface area contributed by atoms with Gasteiger partial charge in [-0.25, -0.2) is 8.78 Å². The smallest absolute Gasteiger partial charge is 0.184 e. The van der Waals surface area contributed by atoms with E-state index in [1.165, 1.54) is 12.1 Å². The molecule has 0 atom stereocenters. The minimum absolute atomic E-state index is 0.0524. The molecule has 4 aromatic rings. The van der Waals surface area contributed by atoms with Gasteiger partial charge in [-0.2, -0.15) is 0 Å².